The van der Waals surface area contributed by atoms with Crippen molar-refractivity contribution in [3.63, 3.8) is 0 Å². The van der Waals surface area contributed by atoms with Gasteiger partial charge in [-0.25, -0.2) is 0 Å². The molecule has 1 heterocycles. The Morgan fingerprint density at radius 1 is 1.17 bits per heavy atom. The molecular formula is C14H26N2O2. The van der Waals surface area contributed by atoms with Crippen LogP contribution in [-0.4, -0.2) is 35.8 Å². The van der Waals surface area contributed by atoms with Crippen molar-refractivity contribution < 1.29 is 9.59 Å². The van der Waals surface area contributed by atoms with Crippen LogP contribution < -0.4 is 5.32 Å². The topological polar surface area (TPSA) is 49.4 Å². The largest absolute Gasteiger partial charge is 0.315 e. The fourth-order valence-corrected chi connectivity index (χ4v) is 2.42. The summed E-state index contributed by atoms with van der Waals surface area (Å²) in [5.74, 6) is -0.268. The van der Waals surface area contributed by atoms with Crippen LogP contribution in [0.5, 0.6) is 0 Å². The number of imide groups is 1. The molecule has 1 saturated heterocycles. The van der Waals surface area contributed by atoms with Crippen LogP contribution >= 0.6 is 0 Å². The lowest BCUT2D eigenvalue weighted by Crippen LogP contribution is -2.32. The van der Waals surface area contributed by atoms with Gasteiger partial charge in [0.15, 0.2) is 0 Å². The zero-order chi connectivity index (χ0) is 13.7. The Labute approximate surface area is 110 Å². The third-order valence-electron chi connectivity index (χ3n) is 3.88. The summed E-state index contributed by atoms with van der Waals surface area (Å²) in [6.45, 7) is 9.53. The van der Waals surface area contributed by atoms with E-state index in [0.29, 0.717) is 12.6 Å². The zero-order valence-corrected chi connectivity index (χ0v) is 12.0. The van der Waals surface area contributed by atoms with Crippen molar-refractivity contribution in [2.24, 2.45) is 11.8 Å². The van der Waals surface area contributed by atoms with Crippen LogP contribution in [0.4, 0.5) is 0 Å². The molecule has 1 rings (SSSR count). The highest BCUT2D eigenvalue weighted by molar-refractivity contribution is 6.04. The Hall–Kier alpha value is -0.900. The number of unbranched alkanes of at least 4 members (excludes halogenated alkanes) is 1. The van der Waals surface area contributed by atoms with Gasteiger partial charge in [0.1, 0.15) is 0 Å². The van der Waals surface area contributed by atoms with Crippen LogP contribution in [0.25, 0.3) is 0 Å². The summed E-state index contributed by atoms with van der Waals surface area (Å²) in [6, 6.07) is 0.512. The highest BCUT2D eigenvalue weighted by Gasteiger charge is 2.41. The number of nitrogens with one attached hydrogen (secondary N) is 1. The van der Waals surface area contributed by atoms with Crippen molar-refractivity contribution in [1.82, 2.24) is 10.2 Å². The van der Waals surface area contributed by atoms with E-state index >= 15 is 0 Å². The van der Waals surface area contributed by atoms with Gasteiger partial charge in [0.05, 0.1) is 0 Å². The van der Waals surface area contributed by atoms with E-state index in [1.54, 1.807) is 0 Å². The summed E-state index contributed by atoms with van der Waals surface area (Å²) < 4.78 is 0. The zero-order valence-electron chi connectivity index (χ0n) is 12.0. The van der Waals surface area contributed by atoms with Gasteiger partial charge in [-0.3, -0.25) is 14.5 Å². The molecule has 0 radical (unpaired) electrons. The molecule has 0 aromatic carbocycles. The van der Waals surface area contributed by atoms with Crippen molar-refractivity contribution in [3.05, 3.63) is 0 Å². The second kappa shape index (κ2) is 6.88. The highest BCUT2D eigenvalue weighted by atomic mass is 16.2. The van der Waals surface area contributed by atoms with Gasteiger partial charge in [-0.05, 0) is 26.3 Å². The number of nitrogens with zero attached hydrogens (tertiary/aromatic N) is 1. The molecule has 18 heavy (non-hydrogen) atoms. The van der Waals surface area contributed by atoms with Crippen LogP contribution in [0.2, 0.25) is 0 Å². The van der Waals surface area contributed by atoms with Crippen molar-refractivity contribution in [3.8, 4) is 0 Å². The lowest BCUT2D eigenvalue weighted by Gasteiger charge is -2.16. The minimum atomic E-state index is -0.141. The number of rotatable bonds is 7. The first-order chi connectivity index (χ1) is 8.49. The molecule has 2 amide bonds. The maximum absolute atomic E-state index is 11.8. The summed E-state index contributed by atoms with van der Waals surface area (Å²) >= 11 is 0. The fraction of sp³-hybridized carbons (Fsp3) is 0.857. The first-order valence-corrected chi connectivity index (χ1v) is 7.07. The molecule has 1 N–H and O–H groups in total. The monoisotopic (exact) mass is 254 g/mol. The van der Waals surface area contributed by atoms with Crippen molar-refractivity contribution in [2.45, 2.75) is 53.0 Å². The lowest BCUT2D eigenvalue weighted by molar-refractivity contribution is -0.139. The molecular weight excluding hydrogens is 228 g/mol. The predicted molar refractivity (Wildman–Crippen MR) is 72.0 cm³/mol. The lowest BCUT2D eigenvalue weighted by atomic mass is 10.00. The highest BCUT2D eigenvalue weighted by Crippen LogP contribution is 2.25. The number of carbonyl (C=O) groups is 2. The summed E-state index contributed by atoms with van der Waals surface area (Å²) in [4.78, 5) is 25.2. The van der Waals surface area contributed by atoms with E-state index in [1.165, 1.54) is 4.90 Å². The van der Waals surface area contributed by atoms with Gasteiger partial charge in [0.2, 0.25) is 11.8 Å². The Morgan fingerprint density at radius 2 is 1.72 bits per heavy atom. The maximum atomic E-state index is 11.8. The van der Waals surface area contributed by atoms with Crippen molar-refractivity contribution in [2.75, 3.05) is 13.1 Å². The number of carbonyl (C=O) groups excluding carboxylic acids is 2. The van der Waals surface area contributed by atoms with Gasteiger partial charge < -0.3 is 5.32 Å². The Kier molecular flexibility index (Phi) is 5.79. The summed E-state index contributed by atoms with van der Waals surface area (Å²) in [5.41, 5.74) is 0. The third kappa shape index (κ3) is 3.55. The van der Waals surface area contributed by atoms with Crippen LogP contribution in [0.3, 0.4) is 0 Å². The molecule has 0 bridgehead atoms. The summed E-state index contributed by atoms with van der Waals surface area (Å²) in [5, 5.41) is 3.36. The van der Waals surface area contributed by atoms with E-state index in [4.69, 9.17) is 0 Å². The Morgan fingerprint density at radius 3 is 2.22 bits per heavy atom. The van der Waals surface area contributed by atoms with Crippen molar-refractivity contribution >= 4 is 11.8 Å². The van der Waals surface area contributed by atoms with E-state index in [1.807, 2.05) is 13.8 Å². The van der Waals surface area contributed by atoms with E-state index in [0.717, 1.165) is 25.8 Å². The van der Waals surface area contributed by atoms with Gasteiger partial charge in [-0.15, -0.1) is 0 Å². The maximum Gasteiger partial charge on any atom is 0.232 e. The number of likely N-dealkylation sites (tertiary alicyclic amines) is 1. The summed E-state index contributed by atoms with van der Waals surface area (Å²) in [7, 11) is 0. The molecule has 0 spiro atoms. The molecule has 1 aliphatic rings. The van der Waals surface area contributed by atoms with Gasteiger partial charge in [-0.2, -0.15) is 0 Å². The normalized spacial score (nSPS) is 25.9. The summed E-state index contributed by atoms with van der Waals surface area (Å²) in [6.07, 6.45) is 3.05. The molecule has 1 aliphatic heterocycles. The SMILES string of the molecule is CCNC(C)CCCCN1C(=O)C(C)C(C)C1=O. The first-order valence-electron chi connectivity index (χ1n) is 7.07. The average Bonchev–Trinajstić information content (AvgIpc) is 2.51. The molecule has 4 nitrogen and oxygen atoms in total. The number of hydrogen-bond acceptors (Lipinski definition) is 3. The van der Waals surface area contributed by atoms with Gasteiger partial charge in [-0.1, -0.05) is 27.2 Å². The smallest absolute Gasteiger partial charge is 0.232 e. The molecule has 0 saturated carbocycles. The van der Waals surface area contributed by atoms with Gasteiger partial charge >= 0.3 is 0 Å². The van der Waals surface area contributed by atoms with Crippen LogP contribution in [0.1, 0.15) is 47.0 Å². The first kappa shape index (κ1) is 15.2. The third-order valence-corrected chi connectivity index (χ3v) is 3.88. The predicted octanol–water partition coefficient (Wildman–Crippen LogP) is 1.80. The van der Waals surface area contributed by atoms with E-state index in [2.05, 4.69) is 19.2 Å². The molecule has 1 fully saturated rings. The van der Waals surface area contributed by atoms with Crippen LogP contribution in [-0.2, 0) is 9.59 Å². The van der Waals surface area contributed by atoms with Crippen molar-refractivity contribution in [1.29, 1.82) is 0 Å². The minimum absolute atomic E-state index is 0.00670. The van der Waals surface area contributed by atoms with Gasteiger partial charge in [0, 0.05) is 24.4 Å². The standard InChI is InChI=1S/C14H26N2O2/c1-5-15-10(2)8-6-7-9-16-13(17)11(3)12(4)14(16)18/h10-12,15H,5-9H2,1-4H3. The average molecular weight is 254 g/mol. The second-order valence-corrected chi connectivity index (χ2v) is 5.36. The van der Waals surface area contributed by atoms with Crippen LogP contribution in [0, 0.1) is 11.8 Å². The Bertz CT molecular complexity index is 284. The van der Waals surface area contributed by atoms with E-state index < -0.39 is 0 Å². The minimum Gasteiger partial charge on any atom is -0.315 e. The fourth-order valence-electron chi connectivity index (χ4n) is 2.42. The molecule has 104 valence electrons. The molecule has 0 aromatic rings. The van der Waals surface area contributed by atoms with E-state index in [9.17, 15) is 9.59 Å². The quantitative estimate of drug-likeness (QED) is 0.556. The molecule has 4 heteroatoms. The van der Waals surface area contributed by atoms with Crippen LogP contribution in [0.15, 0.2) is 0 Å². The number of amides is 2. The molecule has 3 unspecified atom stereocenters. The Balaban J connectivity index is 2.28. The molecule has 0 aliphatic carbocycles. The molecule has 0 aromatic heterocycles. The van der Waals surface area contributed by atoms with Gasteiger partial charge in [0.25, 0.3) is 0 Å². The molecule has 3 atom stereocenters. The number of hydrogen-bond donors (Lipinski definition) is 1. The second-order valence-electron chi connectivity index (χ2n) is 5.36. The van der Waals surface area contributed by atoms with E-state index in [-0.39, 0.29) is 23.7 Å².